The van der Waals surface area contributed by atoms with Crippen molar-refractivity contribution in [2.24, 2.45) is 0 Å². The van der Waals surface area contributed by atoms with Crippen molar-refractivity contribution >= 4 is 43.7 Å². The van der Waals surface area contributed by atoms with Crippen LogP contribution < -0.4 is 0 Å². The third-order valence-corrected chi connectivity index (χ3v) is 9.47. The van der Waals surface area contributed by atoms with Gasteiger partial charge in [-0.3, -0.25) is 0 Å². The van der Waals surface area contributed by atoms with E-state index in [1.54, 1.807) is 0 Å². The molecule has 0 aliphatic rings. The number of para-hydroxylation sites is 4. The molecule has 0 aliphatic carbocycles. The predicted molar refractivity (Wildman–Crippen MR) is 203 cm³/mol. The minimum atomic E-state index is 0.610. The highest BCUT2D eigenvalue weighted by atomic mass is 16.3. The molecule has 0 amide bonds. The van der Waals surface area contributed by atoms with Gasteiger partial charge in [0.1, 0.15) is 11.2 Å². The SMILES string of the molecule is c1ccc(-c2nc(-c3ccc(-n4c5ccccc5c5ccccc54)cc3)nc(-c3cccc(-c4cccc5c4oc4ccccc45)c3)n2)cc1. The molecule has 0 saturated carbocycles. The first-order valence-corrected chi connectivity index (χ1v) is 16.7. The zero-order chi connectivity index (χ0) is 33.0. The lowest BCUT2D eigenvalue weighted by molar-refractivity contribution is 0.670. The molecular formula is C45H28N4O. The summed E-state index contributed by atoms with van der Waals surface area (Å²) >= 11 is 0. The fourth-order valence-corrected chi connectivity index (χ4v) is 7.11. The monoisotopic (exact) mass is 640 g/mol. The summed E-state index contributed by atoms with van der Waals surface area (Å²) in [4.78, 5) is 15.1. The second-order valence-corrected chi connectivity index (χ2v) is 12.5. The quantitative estimate of drug-likeness (QED) is 0.188. The van der Waals surface area contributed by atoms with Crippen molar-refractivity contribution in [3.63, 3.8) is 0 Å². The van der Waals surface area contributed by atoms with Crippen LogP contribution in [0.4, 0.5) is 0 Å². The van der Waals surface area contributed by atoms with Gasteiger partial charge in [0.2, 0.25) is 0 Å². The number of aromatic nitrogens is 4. The second-order valence-electron chi connectivity index (χ2n) is 12.5. The van der Waals surface area contributed by atoms with Crippen LogP contribution in [0.2, 0.25) is 0 Å². The number of hydrogen-bond acceptors (Lipinski definition) is 4. The first-order valence-electron chi connectivity index (χ1n) is 16.7. The maximum atomic E-state index is 6.38. The van der Waals surface area contributed by atoms with Crippen LogP contribution in [0.25, 0.3) is 94.7 Å². The van der Waals surface area contributed by atoms with E-state index in [1.807, 2.05) is 48.5 Å². The molecule has 0 aliphatic heterocycles. The number of furan rings is 1. The second kappa shape index (κ2) is 11.4. The Morgan fingerprint density at radius 3 is 1.62 bits per heavy atom. The largest absolute Gasteiger partial charge is 0.455 e. The number of rotatable bonds is 5. The highest BCUT2D eigenvalue weighted by molar-refractivity contribution is 6.10. The van der Waals surface area contributed by atoms with Crippen LogP contribution in [0.1, 0.15) is 0 Å². The van der Waals surface area contributed by atoms with Gasteiger partial charge < -0.3 is 8.98 Å². The third-order valence-electron chi connectivity index (χ3n) is 9.47. The molecule has 0 unspecified atom stereocenters. The van der Waals surface area contributed by atoms with E-state index >= 15 is 0 Å². The Hall–Kier alpha value is -6.85. The van der Waals surface area contributed by atoms with Gasteiger partial charge in [-0.2, -0.15) is 0 Å². The van der Waals surface area contributed by atoms with Gasteiger partial charge in [0, 0.05) is 49.5 Å². The van der Waals surface area contributed by atoms with Crippen molar-refractivity contribution in [3.05, 3.63) is 170 Å². The van der Waals surface area contributed by atoms with Gasteiger partial charge in [-0.1, -0.05) is 121 Å². The molecular weight excluding hydrogens is 613 g/mol. The number of benzene rings is 7. The average Bonchev–Trinajstić information content (AvgIpc) is 3.74. The topological polar surface area (TPSA) is 56.7 Å². The van der Waals surface area contributed by atoms with Gasteiger partial charge in [-0.25, -0.2) is 15.0 Å². The Kier molecular flexibility index (Phi) is 6.42. The third kappa shape index (κ3) is 4.60. The van der Waals surface area contributed by atoms with E-state index in [-0.39, 0.29) is 0 Å². The van der Waals surface area contributed by atoms with E-state index in [2.05, 4.69) is 126 Å². The lowest BCUT2D eigenvalue weighted by Crippen LogP contribution is -2.00. The Bertz CT molecular complexity index is 2810. The Labute approximate surface area is 287 Å². The molecule has 5 heteroatoms. The van der Waals surface area contributed by atoms with Crippen LogP contribution in [0.5, 0.6) is 0 Å². The minimum absolute atomic E-state index is 0.610. The van der Waals surface area contributed by atoms with E-state index < -0.39 is 0 Å². The fraction of sp³-hybridized carbons (Fsp3) is 0. The summed E-state index contributed by atoms with van der Waals surface area (Å²) in [6, 6.07) is 58.5. The van der Waals surface area contributed by atoms with E-state index in [9.17, 15) is 0 Å². The van der Waals surface area contributed by atoms with Gasteiger partial charge >= 0.3 is 0 Å². The van der Waals surface area contributed by atoms with Crippen LogP contribution in [-0.2, 0) is 0 Å². The summed E-state index contributed by atoms with van der Waals surface area (Å²) in [5, 5.41) is 4.68. The molecule has 10 aromatic rings. The molecule has 0 fully saturated rings. The molecule has 3 aromatic heterocycles. The zero-order valence-electron chi connectivity index (χ0n) is 26.9. The summed E-state index contributed by atoms with van der Waals surface area (Å²) in [6.45, 7) is 0. The molecule has 3 heterocycles. The number of nitrogens with zero attached hydrogens (tertiary/aromatic N) is 4. The average molecular weight is 641 g/mol. The zero-order valence-corrected chi connectivity index (χ0v) is 26.9. The summed E-state index contributed by atoms with van der Waals surface area (Å²) in [5.41, 5.74) is 9.99. The fourth-order valence-electron chi connectivity index (χ4n) is 7.11. The van der Waals surface area contributed by atoms with Gasteiger partial charge in [-0.15, -0.1) is 0 Å². The molecule has 0 atom stereocenters. The molecule has 0 saturated heterocycles. The van der Waals surface area contributed by atoms with Crippen molar-refractivity contribution in [1.82, 2.24) is 19.5 Å². The molecule has 5 nitrogen and oxygen atoms in total. The van der Waals surface area contributed by atoms with Gasteiger partial charge in [0.15, 0.2) is 17.5 Å². The summed E-state index contributed by atoms with van der Waals surface area (Å²) in [6.07, 6.45) is 0. The smallest absolute Gasteiger partial charge is 0.164 e. The van der Waals surface area contributed by atoms with Crippen molar-refractivity contribution in [1.29, 1.82) is 0 Å². The van der Waals surface area contributed by atoms with Crippen molar-refractivity contribution < 1.29 is 4.42 Å². The molecule has 0 spiro atoms. The lowest BCUT2D eigenvalue weighted by atomic mass is 10.00. The number of fused-ring (bicyclic) bond motifs is 6. The molecule has 0 N–H and O–H groups in total. The van der Waals surface area contributed by atoms with Gasteiger partial charge in [0.25, 0.3) is 0 Å². The summed E-state index contributed by atoms with van der Waals surface area (Å²) in [7, 11) is 0. The summed E-state index contributed by atoms with van der Waals surface area (Å²) < 4.78 is 8.69. The van der Waals surface area contributed by atoms with Crippen LogP contribution in [0.15, 0.2) is 174 Å². The van der Waals surface area contributed by atoms with Gasteiger partial charge in [-0.05, 0) is 54.1 Å². The Morgan fingerprint density at radius 2 is 0.900 bits per heavy atom. The minimum Gasteiger partial charge on any atom is -0.455 e. The maximum absolute atomic E-state index is 6.38. The van der Waals surface area contributed by atoms with Crippen LogP contribution in [-0.4, -0.2) is 19.5 Å². The normalized spacial score (nSPS) is 11.6. The first kappa shape index (κ1) is 28.2. The molecule has 10 rings (SSSR count). The molecule has 234 valence electrons. The highest BCUT2D eigenvalue weighted by Crippen LogP contribution is 2.37. The Balaban J connectivity index is 1.10. The van der Waals surface area contributed by atoms with Crippen molar-refractivity contribution in [2.45, 2.75) is 0 Å². The van der Waals surface area contributed by atoms with E-state index in [1.165, 1.54) is 21.8 Å². The van der Waals surface area contributed by atoms with Crippen LogP contribution >= 0.6 is 0 Å². The maximum Gasteiger partial charge on any atom is 0.164 e. The van der Waals surface area contributed by atoms with E-state index in [4.69, 9.17) is 19.4 Å². The summed E-state index contributed by atoms with van der Waals surface area (Å²) in [5.74, 6) is 1.85. The number of hydrogen-bond donors (Lipinski definition) is 0. The predicted octanol–water partition coefficient (Wildman–Crippen LogP) is 11.5. The molecule has 50 heavy (non-hydrogen) atoms. The van der Waals surface area contributed by atoms with Crippen LogP contribution in [0.3, 0.4) is 0 Å². The molecule has 7 aromatic carbocycles. The van der Waals surface area contributed by atoms with Crippen molar-refractivity contribution in [3.8, 4) is 51.0 Å². The molecule has 0 bridgehead atoms. The standard InChI is InChI=1S/C45H28N4O/c1-2-12-29(13-3-1)43-46-44(30-24-26-33(27-25-30)49-39-21-7-4-16-35(39)36-17-5-8-22-40(36)49)48-45(47-43)32-15-10-14-31(28-32)34-19-11-20-38-37-18-6-9-23-41(37)50-42(34)38/h1-28H. The lowest BCUT2D eigenvalue weighted by Gasteiger charge is -2.11. The van der Waals surface area contributed by atoms with Gasteiger partial charge in [0.05, 0.1) is 11.0 Å². The van der Waals surface area contributed by atoms with Crippen molar-refractivity contribution in [2.75, 3.05) is 0 Å². The first-order chi connectivity index (χ1) is 24.8. The molecule has 0 radical (unpaired) electrons. The van der Waals surface area contributed by atoms with Crippen LogP contribution in [0, 0.1) is 0 Å². The Morgan fingerprint density at radius 1 is 0.380 bits per heavy atom. The van der Waals surface area contributed by atoms with E-state index in [0.29, 0.717) is 17.5 Å². The highest BCUT2D eigenvalue weighted by Gasteiger charge is 2.17. The van der Waals surface area contributed by atoms with E-state index in [0.717, 1.165) is 55.4 Å².